The molecule has 3 nitrogen and oxygen atoms in total. The van der Waals surface area contributed by atoms with Crippen LogP contribution in [0.3, 0.4) is 0 Å². The monoisotopic (exact) mass is 278 g/mol. The summed E-state index contributed by atoms with van der Waals surface area (Å²) >= 11 is 0. The van der Waals surface area contributed by atoms with Gasteiger partial charge < -0.3 is 9.47 Å². The largest absolute Gasteiger partial charge is 0.493 e. The maximum absolute atomic E-state index is 11.6. The number of carbonyl (C=O) groups is 1. The molecule has 0 aliphatic carbocycles. The van der Waals surface area contributed by atoms with Crippen LogP contribution in [-0.4, -0.2) is 19.2 Å². The maximum Gasteiger partial charge on any atom is 0.310 e. The molecule has 0 radical (unpaired) electrons. The van der Waals surface area contributed by atoms with E-state index >= 15 is 0 Å². The fraction of sp³-hybridized carbons (Fsp3) is 0.588. The lowest BCUT2D eigenvalue weighted by atomic mass is 9.85. The molecular weight excluding hydrogens is 252 g/mol. The minimum absolute atomic E-state index is 0.0201. The van der Waals surface area contributed by atoms with Crippen LogP contribution in [0.5, 0.6) is 5.75 Å². The third-order valence-corrected chi connectivity index (χ3v) is 2.97. The van der Waals surface area contributed by atoms with Crippen molar-refractivity contribution in [2.45, 2.75) is 52.9 Å². The smallest absolute Gasteiger partial charge is 0.310 e. The van der Waals surface area contributed by atoms with Gasteiger partial charge >= 0.3 is 5.97 Å². The van der Waals surface area contributed by atoms with Crippen LogP contribution in [0.25, 0.3) is 0 Å². The number of benzene rings is 1. The van der Waals surface area contributed by atoms with Gasteiger partial charge in [0.05, 0.1) is 19.6 Å². The number of hydrogen-bond donors (Lipinski definition) is 0. The molecule has 0 aromatic heterocycles. The highest BCUT2D eigenvalue weighted by Gasteiger charge is 2.20. The van der Waals surface area contributed by atoms with Crippen LogP contribution in [-0.2, 0) is 21.4 Å². The van der Waals surface area contributed by atoms with Crippen molar-refractivity contribution >= 4 is 5.97 Å². The zero-order valence-electron chi connectivity index (χ0n) is 13.3. The Morgan fingerprint density at radius 1 is 1.20 bits per heavy atom. The molecule has 0 fully saturated rings. The number of hydrogen-bond acceptors (Lipinski definition) is 3. The van der Waals surface area contributed by atoms with Gasteiger partial charge in [-0.05, 0) is 36.0 Å². The molecule has 3 heteroatoms. The quantitative estimate of drug-likeness (QED) is 0.741. The highest BCUT2D eigenvalue weighted by molar-refractivity contribution is 5.72. The second-order valence-electron chi connectivity index (χ2n) is 5.91. The summed E-state index contributed by atoms with van der Waals surface area (Å²) in [5.74, 6) is 0.724. The van der Waals surface area contributed by atoms with Crippen LogP contribution in [0, 0.1) is 0 Å². The van der Waals surface area contributed by atoms with Gasteiger partial charge in [-0.3, -0.25) is 4.79 Å². The first-order valence-electron chi connectivity index (χ1n) is 7.30. The molecule has 0 N–H and O–H groups in total. The highest BCUT2D eigenvalue weighted by Crippen LogP contribution is 2.32. The zero-order chi connectivity index (χ0) is 15.2. The molecule has 0 spiro atoms. The third kappa shape index (κ3) is 4.87. The maximum atomic E-state index is 11.6. The van der Waals surface area contributed by atoms with Gasteiger partial charge in [0, 0.05) is 0 Å². The predicted octanol–water partition coefficient (Wildman–Crippen LogP) is 3.88. The number of esters is 1. The van der Waals surface area contributed by atoms with E-state index in [1.165, 1.54) is 0 Å². The van der Waals surface area contributed by atoms with Crippen LogP contribution in [0.4, 0.5) is 0 Å². The van der Waals surface area contributed by atoms with Crippen LogP contribution in [0.2, 0.25) is 0 Å². The van der Waals surface area contributed by atoms with E-state index < -0.39 is 0 Å². The Hall–Kier alpha value is -1.51. The number of rotatable bonds is 6. The average molecular weight is 278 g/mol. The zero-order valence-corrected chi connectivity index (χ0v) is 13.3. The molecule has 0 aliphatic heterocycles. The molecule has 0 amide bonds. The van der Waals surface area contributed by atoms with Gasteiger partial charge in [0.25, 0.3) is 0 Å². The summed E-state index contributed by atoms with van der Waals surface area (Å²) < 4.78 is 10.8. The van der Waals surface area contributed by atoms with Crippen molar-refractivity contribution in [1.29, 1.82) is 0 Å². The molecule has 0 atom stereocenters. The summed E-state index contributed by atoms with van der Waals surface area (Å²) in [6, 6.07) is 5.96. The van der Waals surface area contributed by atoms with Crippen LogP contribution in [0.15, 0.2) is 18.2 Å². The Bertz CT molecular complexity index is 444. The molecule has 0 bridgehead atoms. The Balaban J connectivity index is 2.98. The molecule has 1 aromatic rings. The lowest BCUT2D eigenvalue weighted by Crippen LogP contribution is -2.15. The highest BCUT2D eigenvalue weighted by atomic mass is 16.5. The lowest BCUT2D eigenvalue weighted by molar-refractivity contribution is -0.142. The normalized spacial score (nSPS) is 11.2. The van der Waals surface area contributed by atoms with Crippen molar-refractivity contribution in [3.05, 3.63) is 29.3 Å². The molecule has 0 saturated carbocycles. The average Bonchev–Trinajstić information content (AvgIpc) is 2.36. The van der Waals surface area contributed by atoms with Gasteiger partial charge in [-0.25, -0.2) is 0 Å². The van der Waals surface area contributed by atoms with Gasteiger partial charge in [0.1, 0.15) is 5.75 Å². The number of ether oxygens (including phenoxy) is 2. The Morgan fingerprint density at radius 2 is 1.90 bits per heavy atom. The van der Waals surface area contributed by atoms with E-state index in [9.17, 15) is 4.79 Å². The van der Waals surface area contributed by atoms with Crippen molar-refractivity contribution in [3.63, 3.8) is 0 Å². The first-order valence-corrected chi connectivity index (χ1v) is 7.30. The lowest BCUT2D eigenvalue weighted by Gasteiger charge is -2.23. The first kappa shape index (κ1) is 16.5. The third-order valence-electron chi connectivity index (χ3n) is 2.97. The van der Waals surface area contributed by atoms with Gasteiger partial charge in [-0.2, -0.15) is 0 Å². The molecule has 1 rings (SSSR count). The van der Waals surface area contributed by atoms with Crippen molar-refractivity contribution in [2.75, 3.05) is 13.2 Å². The van der Waals surface area contributed by atoms with Crippen molar-refractivity contribution in [2.24, 2.45) is 0 Å². The summed E-state index contributed by atoms with van der Waals surface area (Å²) in [5, 5.41) is 0. The predicted molar refractivity (Wildman–Crippen MR) is 81.3 cm³/mol. The minimum atomic E-state index is -0.186. The molecule has 0 saturated heterocycles. The molecule has 0 aliphatic rings. The Labute approximate surface area is 122 Å². The van der Waals surface area contributed by atoms with E-state index in [-0.39, 0.29) is 11.4 Å². The standard InChI is InChI=1S/C17H26O3/c1-6-10-20-15-9-8-13(12-16(18)19-7-2)11-14(15)17(3,4)5/h8-9,11H,6-7,10,12H2,1-5H3. The van der Waals surface area contributed by atoms with E-state index in [2.05, 4.69) is 33.8 Å². The molecule has 20 heavy (non-hydrogen) atoms. The fourth-order valence-corrected chi connectivity index (χ4v) is 1.99. The first-order chi connectivity index (χ1) is 9.38. The van der Waals surface area contributed by atoms with Crippen LogP contribution in [0.1, 0.15) is 52.2 Å². The minimum Gasteiger partial charge on any atom is -0.493 e. The summed E-state index contributed by atoms with van der Waals surface area (Å²) in [6.07, 6.45) is 1.29. The molecular formula is C17H26O3. The summed E-state index contributed by atoms with van der Waals surface area (Å²) in [7, 11) is 0. The Kier molecular flexibility index (Phi) is 6.05. The SMILES string of the molecule is CCCOc1ccc(CC(=O)OCC)cc1C(C)(C)C. The molecule has 0 heterocycles. The molecule has 112 valence electrons. The van der Waals surface area contributed by atoms with Gasteiger partial charge in [0.2, 0.25) is 0 Å². The van der Waals surface area contributed by atoms with Gasteiger partial charge in [-0.15, -0.1) is 0 Å². The van der Waals surface area contributed by atoms with E-state index in [0.29, 0.717) is 19.6 Å². The van der Waals surface area contributed by atoms with Gasteiger partial charge in [0.15, 0.2) is 0 Å². The fourth-order valence-electron chi connectivity index (χ4n) is 1.99. The van der Waals surface area contributed by atoms with E-state index in [1.54, 1.807) is 0 Å². The summed E-state index contributed by atoms with van der Waals surface area (Å²) in [5.41, 5.74) is 2.08. The van der Waals surface area contributed by atoms with E-state index in [0.717, 1.165) is 23.3 Å². The number of carbonyl (C=O) groups excluding carboxylic acids is 1. The Morgan fingerprint density at radius 3 is 2.45 bits per heavy atom. The molecule has 1 aromatic carbocycles. The van der Waals surface area contributed by atoms with E-state index in [1.807, 2.05) is 19.1 Å². The van der Waals surface area contributed by atoms with Crippen LogP contribution >= 0.6 is 0 Å². The van der Waals surface area contributed by atoms with Gasteiger partial charge in [-0.1, -0.05) is 39.8 Å². The topological polar surface area (TPSA) is 35.5 Å². The van der Waals surface area contributed by atoms with Crippen molar-refractivity contribution < 1.29 is 14.3 Å². The summed E-state index contributed by atoms with van der Waals surface area (Å²) in [6.45, 7) is 11.5. The van der Waals surface area contributed by atoms with Crippen LogP contribution < -0.4 is 4.74 Å². The summed E-state index contributed by atoms with van der Waals surface area (Å²) in [4.78, 5) is 11.6. The van der Waals surface area contributed by atoms with Crippen molar-refractivity contribution in [3.8, 4) is 5.75 Å². The second-order valence-corrected chi connectivity index (χ2v) is 5.91. The van der Waals surface area contributed by atoms with Crippen molar-refractivity contribution in [1.82, 2.24) is 0 Å². The second kappa shape index (κ2) is 7.32. The van der Waals surface area contributed by atoms with E-state index in [4.69, 9.17) is 9.47 Å². The molecule has 0 unspecified atom stereocenters.